The standard InChI is InChI=1S/C25H18BrIN2O4/c1-15-11-18(8-9-20(15)26)29-24(31)19(23(30)28-25(29)32)12-17-7-10-22(21(27)13-17)33-14-16-5-3-2-4-6-16/h2-13H,14H2,1H3,(H,28,30,32)/b19-12+. The van der Waals surface area contributed by atoms with E-state index in [-0.39, 0.29) is 5.57 Å². The molecule has 1 heterocycles. The zero-order valence-electron chi connectivity index (χ0n) is 17.5. The van der Waals surface area contributed by atoms with E-state index in [0.717, 1.165) is 24.1 Å². The first-order chi connectivity index (χ1) is 15.8. The van der Waals surface area contributed by atoms with Gasteiger partial charge < -0.3 is 4.74 Å². The predicted octanol–water partition coefficient (Wildman–Crippen LogP) is 5.61. The number of nitrogens with zero attached hydrogens (tertiary/aromatic N) is 1. The van der Waals surface area contributed by atoms with Gasteiger partial charge in [-0.15, -0.1) is 0 Å². The highest BCUT2D eigenvalue weighted by Crippen LogP contribution is 2.28. The number of urea groups is 1. The number of rotatable bonds is 5. The van der Waals surface area contributed by atoms with E-state index in [1.807, 2.05) is 43.3 Å². The number of hydrogen-bond acceptors (Lipinski definition) is 4. The molecule has 1 N–H and O–H groups in total. The first kappa shape index (κ1) is 23.2. The maximum atomic E-state index is 13.1. The minimum absolute atomic E-state index is 0.121. The van der Waals surface area contributed by atoms with Crippen molar-refractivity contribution in [3.63, 3.8) is 0 Å². The van der Waals surface area contributed by atoms with Crippen LogP contribution in [0.3, 0.4) is 0 Å². The van der Waals surface area contributed by atoms with Gasteiger partial charge in [0.25, 0.3) is 11.8 Å². The van der Waals surface area contributed by atoms with Crippen LogP contribution in [-0.4, -0.2) is 17.8 Å². The lowest BCUT2D eigenvalue weighted by Crippen LogP contribution is -2.54. The molecule has 8 heteroatoms. The Hall–Kier alpha value is -2.98. The van der Waals surface area contributed by atoms with Gasteiger partial charge in [-0.1, -0.05) is 52.3 Å². The molecule has 4 rings (SSSR count). The van der Waals surface area contributed by atoms with Crippen LogP contribution in [0.2, 0.25) is 0 Å². The van der Waals surface area contributed by atoms with E-state index >= 15 is 0 Å². The highest BCUT2D eigenvalue weighted by Gasteiger charge is 2.36. The van der Waals surface area contributed by atoms with Crippen LogP contribution >= 0.6 is 38.5 Å². The summed E-state index contributed by atoms with van der Waals surface area (Å²) in [6.07, 6.45) is 1.48. The molecule has 1 aliphatic heterocycles. The number of hydrogen-bond donors (Lipinski definition) is 1. The normalized spacial score (nSPS) is 15.1. The van der Waals surface area contributed by atoms with E-state index in [1.54, 1.807) is 30.3 Å². The van der Waals surface area contributed by atoms with Gasteiger partial charge in [-0.3, -0.25) is 14.9 Å². The Kier molecular flexibility index (Phi) is 6.94. The number of carbonyl (C=O) groups excluding carboxylic acids is 3. The van der Waals surface area contributed by atoms with Crippen molar-refractivity contribution in [3.8, 4) is 5.75 Å². The summed E-state index contributed by atoms with van der Waals surface area (Å²) in [4.78, 5) is 38.9. The molecule has 0 spiro atoms. The highest BCUT2D eigenvalue weighted by molar-refractivity contribution is 14.1. The van der Waals surface area contributed by atoms with E-state index in [4.69, 9.17) is 4.74 Å². The molecule has 1 saturated heterocycles. The Labute approximate surface area is 212 Å². The molecule has 166 valence electrons. The van der Waals surface area contributed by atoms with Crippen molar-refractivity contribution in [2.24, 2.45) is 0 Å². The summed E-state index contributed by atoms with van der Waals surface area (Å²) in [5.41, 5.74) is 2.82. The maximum absolute atomic E-state index is 13.1. The molecule has 0 radical (unpaired) electrons. The Bertz CT molecular complexity index is 1290. The maximum Gasteiger partial charge on any atom is 0.335 e. The van der Waals surface area contributed by atoms with Gasteiger partial charge in [-0.2, -0.15) is 0 Å². The topological polar surface area (TPSA) is 75.7 Å². The summed E-state index contributed by atoms with van der Waals surface area (Å²) >= 11 is 5.55. The van der Waals surface area contributed by atoms with Crippen molar-refractivity contribution in [1.82, 2.24) is 5.32 Å². The van der Waals surface area contributed by atoms with Crippen molar-refractivity contribution >= 4 is 68.1 Å². The van der Waals surface area contributed by atoms with Crippen molar-refractivity contribution in [2.75, 3.05) is 4.90 Å². The Balaban J connectivity index is 1.58. The number of halogens is 2. The molecule has 0 aliphatic carbocycles. The minimum atomic E-state index is -0.775. The van der Waals surface area contributed by atoms with Gasteiger partial charge in [0.05, 0.1) is 9.26 Å². The Morgan fingerprint density at radius 2 is 1.79 bits per heavy atom. The van der Waals surface area contributed by atoms with Gasteiger partial charge in [0.15, 0.2) is 0 Å². The smallest absolute Gasteiger partial charge is 0.335 e. The fourth-order valence-electron chi connectivity index (χ4n) is 3.29. The number of imide groups is 2. The van der Waals surface area contributed by atoms with Crippen LogP contribution < -0.4 is 15.0 Å². The quantitative estimate of drug-likeness (QED) is 0.230. The van der Waals surface area contributed by atoms with E-state index in [2.05, 4.69) is 43.8 Å². The second-order valence-corrected chi connectivity index (χ2v) is 9.37. The predicted molar refractivity (Wildman–Crippen MR) is 138 cm³/mol. The van der Waals surface area contributed by atoms with Gasteiger partial charge in [0.1, 0.15) is 17.9 Å². The molecule has 6 nitrogen and oxygen atoms in total. The average molecular weight is 617 g/mol. The van der Waals surface area contributed by atoms with Crippen molar-refractivity contribution in [2.45, 2.75) is 13.5 Å². The fraction of sp³-hybridized carbons (Fsp3) is 0.0800. The van der Waals surface area contributed by atoms with E-state index in [9.17, 15) is 14.4 Å². The third kappa shape index (κ3) is 5.17. The third-order valence-electron chi connectivity index (χ3n) is 5.01. The number of aryl methyl sites for hydroxylation is 1. The van der Waals surface area contributed by atoms with Crippen LogP contribution in [0.4, 0.5) is 10.5 Å². The second-order valence-electron chi connectivity index (χ2n) is 7.36. The lowest BCUT2D eigenvalue weighted by molar-refractivity contribution is -0.122. The Morgan fingerprint density at radius 1 is 1.03 bits per heavy atom. The second kappa shape index (κ2) is 9.88. The molecular weight excluding hydrogens is 599 g/mol. The number of carbonyl (C=O) groups is 3. The third-order valence-corrected chi connectivity index (χ3v) is 6.74. The van der Waals surface area contributed by atoms with Gasteiger partial charge in [0.2, 0.25) is 0 Å². The summed E-state index contributed by atoms with van der Waals surface area (Å²) in [5, 5.41) is 2.25. The highest BCUT2D eigenvalue weighted by atomic mass is 127. The molecule has 1 fully saturated rings. The van der Waals surface area contributed by atoms with Gasteiger partial charge in [0, 0.05) is 4.47 Å². The molecule has 1 aliphatic rings. The van der Waals surface area contributed by atoms with E-state index in [1.165, 1.54) is 6.08 Å². The van der Waals surface area contributed by atoms with E-state index < -0.39 is 17.8 Å². The summed E-state index contributed by atoms with van der Waals surface area (Å²) < 4.78 is 7.57. The van der Waals surface area contributed by atoms with Crippen LogP contribution in [-0.2, 0) is 16.2 Å². The fourth-order valence-corrected chi connectivity index (χ4v) is 4.23. The number of barbiturate groups is 1. The molecule has 4 amide bonds. The van der Waals surface area contributed by atoms with Gasteiger partial charge >= 0.3 is 6.03 Å². The van der Waals surface area contributed by atoms with Crippen LogP contribution in [0.25, 0.3) is 6.08 Å². The monoisotopic (exact) mass is 616 g/mol. The summed E-state index contributed by atoms with van der Waals surface area (Å²) in [5.74, 6) is -0.706. The molecule has 0 bridgehead atoms. The molecule has 0 atom stereocenters. The zero-order chi connectivity index (χ0) is 23.5. The molecule has 3 aromatic rings. The molecular formula is C25H18BrIN2O4. The largest absolute Gasteiger partial charge is 0.488 e. The van der Waals surface area contributed by atoms with Gasteiger partial charge in [-0.25, -0.2) is 9.69 Å². The SMILES string of the molecule is Cc1cc(N2C(=O)NC(=O)/C(=C\c3ccc(OCc4ccccc4)c(I)c3)C2=O)ccc1Br. The molecule has 0 saturated carbocycles. The number of anilines is 1. The number of amides is 4. The van der Waals surface area contributed by atoms with Crippen LogP contribution in [0, 0.1) is 10.5 Å². The minimum Gasteiger partial charge on any atom is -0.488 e. The number of nitrogens with one attached hydrogen (secondary N) is 1. The Morgan fingerprint density at radius 3 is 2.48 bits per heavy atom. The average Bonchev–Trinajstić information content (AvgIpc) is 2.79. The lowest BCUT2D eigenvalue weighted by atomic mass is 10.1. The molecule has 0 aromatic heterocycles. The summed E-state index contributed by atoms with van der Waals surface area (Å²) in [6, 6.07) is 19.5. The van der Waals surface area contributed by atoms with Crippen molar-refractivity contribution in [1.29, 1.82) is 0 Å². The van der Waals surface area contributed by atoms with E-state index in [0.29, 0.717) is 23.6 Å². The number of benzene rings is 3. The van der Waals surface area contributed by atoms with Crippen molar-refractivity contribution in [3.05, 3.63) is 97.0 Å². The van der Waals surface area contributed by atoms with Crippen LogP contribution in [0.1, 0.15) is 16.7 Å². The summed E-state index contributed by atoms with van der Waals surface area (Å²) in [7, 11) is 0. The summed E-state index contributed by atoms with van der Waals surface area (Å²) in [6.45, 7) is 2.28. The van der Waals surface area contributed by atoms with Crippen LogP contribution in [0.15, 0.2) is 76.8 Å². The van der Waals surface area contributed by atoms with Crippen molar-refractivity contribution < 1.29 is 19.1 Å². The molecule has 0 unspecified atom stereocenters. The zero-order valence-corrected chi connectivity index (χ0v) is 21.2. The lowest BCUT2D eigenvalue weighted by Gasteiger charge is -2.26. The first-order valence-corrected chi connectivity index (χ1v) is 11.8. The van der Waals surface area contributed by atoms with Crippen LogP contribution in [0.5, 0.6) is 5.75 Å². The molecule has 33 heavy (non-hydrogen) atoms. The molecule has 3 aromatic carbocycles. The number of ether oxygens (including phenoxy) is 1. The van der Waals surface area contributed by atoms with Gasteiger partial charge in [-0.05, 0) is 82.6 Å². The first-order valence-electron chi connectivity index (χ1n) is 9.97.